The number of hydrogen-bond donors (Lipinski definition) is 0. The molecule has 0 heterocycles. The van der Waals surface area contributed by atoms with Crippen LogP contribution < -0.4 is 0 Å². The second-order valence-corrected chi connectivity index (χ2v) is 2.70. The van der Waals surface area contributed by atoms with Gasteiger partial charge in [-0.2, -0.15) is 6.42 Å². The first-order valence-corrected chi connectivity index (χ1v) is 4.36. The first kappa shape index (κ1) is 14.1. The maximum absolute atomic E-state index is 3.85. The second kappa shape index (κ2) is 10.5. The van der Waals surface area contributed by atoms with Crippen molar-refractivity contribution in [2.24, 2.45) is 0 Å². The fourth-order valence-electron chi connectivity index (χ4n) is 1.19. The minimum absolute atomic E-state index is 0. The van der Waals surface area contributed by atoms with Gasteiger partial charge in [-0.05, 0) is 32.5 Å². The van der Waals surface area contributed by atoms with Crippen molar-refractivity contribution in [2.75, 3.05) is 19.6 Å². The van der Waals surface area contributed by atoms with Gasteiger partial charge in [-0.1, -0.05) is 13.8 Å². The summed E-state index contributed by atoms with van der Waals surface area (Å²) in [4.78, 5) is 2.48. The third-order valence-corrected chi connectivity index (χ3v) is 1.55. The van der Waals surface area contributed by atoms with E-state index in [1.807, 2.05) is 0 Å². The van der Waals surface area contributed by atoms with Crippen molar-refractivity contribution in [1.29, 1.82) is 0 Å². The summed E-state index contributed by atoms with van der Waals surface area (Å²) in [6.45, 7) is 12.0. The first-order chi connectivity index (χ1) is 4.85. The average molecular weight is 193 g/mol. The molecule has 0 saturated carbocycles. The van der Waals surface area contributed by atoms with Crippen LogP contribution in [0.3, 0.4) is 0 Å². The summed E-state index contributed by atoms with van der Waals surface area (Å²) in [5.74, 6) is 0. The Bertz CT molecular complexity index is 52.3. The van der Waals surface area contributed by atoms with E-state index >= 15 is 0 Å². The fourth-order valence-corrected chi connectivity index (χ4v) is 1.19. The van der Waals surface area contributed by atoms with Crippen LogP contribution in [0.2, 0.25) is 0 Å². The standard InChI is InChI=1S/C9H20N.V/c1-4-7-10(8-5-2)9-6-3;/h1,4-9H2,2-3H3;/q-1;+2. The molecule has 0 aliphatic rings. The van der Waals surface area contributed by atoms with E-state index in [0.717, 1.165) is 6.42 Å². The summed E-state index contributed by atoms with van der Waals surface area (Å²) in [6, 6.07) is 0. The largest absolute Gasteiger partial charge is 2.00 e. The Labute approximate surface area is 83.4 Å². The monoisotopic (exact) mass is 193 g/mol. The Balaban J connectivity index is 0. The zero-order valence-electron chi connectivity index (χ0n) is 7.84. The SMILES string of the molecule is [CH2-]CCN(CCC)CCC.[V+2]. The number of hydrogen-bond acceptors (Lipinski definition) is 1. The van der Waals surface area contributed by atoms with Gasteiger partial charge in [0.15, 0.2) is 0 Å². The molecule has 0 spiro atoms. The van der Waals surface area contributed by atoms with Crippen molar-refractivity contribution in [3.63, 3.8) is 0 Å². The molecule has 0 fully saturated rings. The normalized spacial score (nSPS) is 9.82. The van der Waals surface area contributed by atoms with E-state index in [1.54, 1.807) is 0 Å². The van der Waals surface area contributed by atoms with Crippen LogP contribution in [0.4, 0.5) is 0 Å². The summed E-state index contributed by atoms with van der Waals surface area (Å²) < 4.78 is 0. The van der Waals surface area contributed by atoms with Crippen molar-refractivity contribution in [1.82, 2.24) is 4.90 Å². The van der Waals surface area contributed by atoms with Crippen LogP contribution in [0.5, 0.6) is 0 Å². The quantitative estimate of drug-likeness (QED) is 0.585. The number of nitrogens with zero attached hydrogens (tertiary/aromatic N) is 1. The van der Waals surface area contributed by atoms with E-state index in [1.165, 1.54) is 32.5 Å². The summed E-state index contributed by atoms with van der Waals surface area (Å²) in [5, 5.41) is 0. The Kier molecular flexibility index (Phi) is 13.5. The molecule has 0 aliphatic carbocycles. The predicted molar refractivity (Wildman–Crippen MR) is 47.0 cm³/mol. The van der Waals surface area contributed by atoms with E-state index < -0.39 is 0 Å². The van der Waals surface area contributed by atoms with E-state index in [2.05, 4.69) is 25.7 Å². The molecule has 1 nitrogen and oxygen atoms in total. The molecule has 1 radical (unpaired) electrons. The van der Waals surface area contributed by atoms with Crippen LogP contribution in [0.15, 0.2) is 0 Å². The molecule has 0 aliphatic heterocycles. The van der Waals surface area contributed by atoms with Crippen LogP contribution in [0.25, 0.3) is 0 Å². The summed E-state index contributed by atoms with van der Waals surface area (Å²) in [6.07, 6.45) is 3.57. The second-order valence-electron chi connectivity index (χ2n) is 2.70. The zero-order valence-corrected chi connectivity index (χ0v) is 9.24. The van der Waals surface area contributed by atoms with E-state index in [0.29, 0.717) is 0 Å². The van der Waals surface area contributed by atoms with Crippen molar-refractivity contribution >= 4 is 0 Å². The van der Waals surface area contributed by atoms with Crippen molar-refractivity contribution < 1.29 is 18.6 Å². The fraction of sp³-hybridized carbons (Fsp3) is 0.889. The van der Waals surface area contributed by atoms with Crippen molar-refractivity contribution in [3.8, 4) is 0 Å². The van der Waals surface area contributed by atoms with Gasteiger partial charge in [-0.3, -0.25) is 0 Å². The molecule has 0 saturated heterocycles. The third-order valence-electron chi connectivity index (χ3n) is 1.55. The Morgan fingerprint density at radius 2 is 1.45 bits per heavy atom. The first-order valence-electron chi connectivity index (χ1n) is 4.36. The number of rotatable bonds is 6. The maximum atomic E-state index is 3.85. The topological polar surface area (TPSA) is 3.24 Å². The minimum Gasteiger partial charge on any atom is -0.342 e. The van der Waals surface area contributed by atoms with Crippen LogP contribution >= 0.6 is 0 Å². The Morgan fingerprint density at radius 3 is 1.73 bits per heavy atom. The smallest absolute Gasteiger partial charge is 0.342 e. The van der Waals surface area contributed by atoms with Crippen LogP contribution in [-0.2, 0) is 18.6 Å². The van der Waals surface area contributed by atoms with Gasteiger partial charge in [0, 0.05) is 0 Å². The van der Waals surface area contributed by atoms with Crippen LogP contribution in [-0.4, -0.2) is 24.5 Å². The van der Waals surface area contributed by atoms with Crippen molar-refractivity contribution in [3.05, 3.63) is 6.92 Å². The molecule has 11 heavy (non-hydrogen) atoms. The molecule has 65 valence electrons. The van der Waals surface area contributed by atoms with Gasteiger partial charge >= 0.3 is 18.6 Å². The van der Waals surface area contributed by atoms with Crippen LogP contribution in [0, 0.1) is 6.92 Å². The van der Waals surface area contributed by atoms with Gasteiger partial charge < -0.3 is 11.8 Å². The van der Waals surface area contributed by atoms with E-state index in [9.17, 15) is 0 Å². The van der Waals surface area contributed by atoms with Crippen LogP contribution in [0.1, 0.15) is 33.1 Å². The summed E-state index contributed by atoms with van der Waals surface area (Å²) >= 11 is 0. The molecule has 0 aromatic heterocycles. The molecular formula is C9H20NV+. The predicted octanol–water partition coefficient (Wildman–Crippen LogP) is 2.33. The molecule has 0 aromatic rings. The molecule has 0 atom stereocenters. The van der Waals surface area contributed by atoms with Gasteiger partial charge in [0.05, 0.1) is 0 Å². The van der Waals surface area contributed by atoms with Gasteiger partial charge in [0.25, 0.3) is 0 Å². The van der Waals surface area contributed by atoms with E-state index in [-0.39, 0.29) is 18.6 Å². The molecular weight excluding hydrogens is 173 g/mol. The molecule has 0 N–H and O–H groups in total. The van der Waals surface area contributed by atoms with Gasteiger partial charge in [0.1, 0.15) is 0 Å². The Hall–Kier alpha value is 0.544. The molecule has 0 bridgehead atoms. The summed E-state index contributed by atoms with van der Waals surface area (Å²) in [5.41, 5.74) is 0. The molecule has 0 rings (SSSR count). The van der Waals surface area contributed by atoms with E-state index in [4.69, 9.17) is 0 Å². The Morgan fingerprint density at radius 1 is 1.00 bits per heavy atom. The minimum atomic E-state index is 0. The van der Waals surface area contributed by atoms with Gasteiger partial charge in [0.2, 0.25) is 0 Å². The average Bonchev–Trinajstić information content (AvgIpc) is 1.90. The van der Waals surface area contributed by atoms with Crippen molar-refractivity contribution in [2.45, 2.75) is 33.1 Å². The van der Waals surface area contributed by atoms with Gasteiger partial charge in [-0.25, -0.2) is 0 Å². The molecule has 0 amide bonds. The molecule has 0 aromatic carbocycles. The summed E-state index contributed by atoms with van der Waals surface area (Å²) in [7, 11) is 0. The molecule has 2 heteroatoms. The van der Waals surface area contributed by atoms with Gasteiger partial charge in [-0.15, -0.1) is 0 Å². The maximum Gasteiger partial charge on any atom is 2.00 e. The zero-order chi connectivity index (χ0) is 7.82. The molecule has 0 unspecified atom stereocenters. The third kappa shape index (κ3) is 8.45.